The summed E-state index contributed by atoms with van der Waals surface area (Å²) in [6, 6.07) is 1.92. The molecule has 0 aromatic carbocycles. The first-order valence-corrected chi connectivity index (χ1v) is 3.66. The molecule has 1 fully saturated rings. The Balaban J connectivity index is 2.27. The topological polar surface area (TPSA) is 70.1 Å². The van der Waals surface area contributed by atoms with E-state index in [0.717, 1.165) is 13.0 Å². The number of primary amides is 1. The molecule has 1 aliphatic heterocycles. The van der Waals surface area contributed by atoms with Gasteiger partial charge in [-0.1, -0.05) is 0 Å². The lowest BCUT2D eigenvalue weighted by Crippen LogP contribution is -2.54. The van der Waals surface area contributed by atoms with Crippen molar-refractivity contribution in [3.8, 4) is 6.07 Å². The number of amides is 1. The molecule has 1 aliphatic rings. The average Bonchev–Trinajstić information content (AvgIpc) is 1.84. The van der Waals surface area contributed by atoms with Gasteiger partial charge in [-0.2, -0.15) is 5.26 Å². The zero-order valence-electron chi connectivity index (χ0n) is 6.29. The molecule has 0 aromatic rings. The van der Waals surface area contributed by atoms with Crippen LogP contribution in [0.15, 0.2) is 0 Å². The molecule has 1 unspecified atom stereocenters. The molecule has 1 saturated heterocycles. The number of nitrogens with zero attached hydrogens (tertiary/aromatic N) is 2. The van der Waals surface area contributed by atoms with Crippen LogP contribution in [0.2, 0.25) is 0 Å². The van der Waals surface area contributed by atoms with Crippen LogP contribution in [0.4, 0.5) is 0 Å². The zero-order chi connectivity index (χ0) is 8.27. The largest absolute Gasteiger partial charge is 0.368 e. The van der Waals surface area contributed by atoms with E-state index in [-0.39, 0.29) is 11.9 Å². The van der Waals surface area contributed by atoms with Gasteiger partial charge < -0.3 is 5.73 Å². The lowest BCUT2D eigenvalue weighted by molar-refractivity contribution is -0.127. The van der Waals surface area contributed by atoms with Gasteiger partial charge in [0.05, 0.1) is 12.1 Å². The van der Waals surface area contributed by atoms with Crippen molar-refractivity contribution in [3.05, 3.63) is 0 Å². The van der Waals surface area contributed by atoms with Gasteiger partial charge in [0.25, 0.3) is 0 Å². The highest BCUT2D eigenvalue weighted by Crippen LogP contribution is 2.16. The fourth-order valence-corrected chi connectivity index (χ4v) is 1.22. The van der Waals surface area contributed by atoms with Crippen LogP contribution in [-0.2, 0) is 4.79 Å². The zero-order valence-corrected chi connectivity index (χ0v) is 6.29. The Bertz CT molecular complexity index is 196. The molecule has 1 rings (SSSR count). The summed E-state index contributed by atoms with van der Waals surface area (Å²) in [5.41, 5.74) is 5.10. The molecule has 0 saturated carbocycles. The van der Waals surface area contributed by atoms with Crippen molar-refractivity contribution in [3.63, 3.8) is 0 Å². The molecular weight excluding hydrogens is 142 g/mol. The summed E-state index contributed by atoms with van der Waals surface area (Å²) in [6.07, 6.45) is 1.32. The number of hydrogen-bond acceptors (Lipinski definition) is 3. The highest BCUT2D eigenvalue weighted by Gasteiger charge is 2.31. The molecule has 1 heterocycles. The van der Waals surface area contributed by atoms with Gasteiger partial charge in [0.2, 0.25) is 5.91 Å². The molecule has 1 atom stereocenters. The molecule has 0 aromatic heterocycles. The van der Waals surface area contributed by atoms with E-state index < -0.39 is 0 Å². The van der Waals surface area contributed by atoms with Crippen LogP contribution in [0.1, 0.15) is 12.8 Å². The Labute approximate surface area is 65.6 Å². The number of carbonyl (C=O) groups is 1. The van der Waals surface area contributed by atoms with Gasteiger partial charge in [0.1, 0.15) is 0 Å². The minimum Gasteiger partial charge on any atom is -0.368 e. The highest BCUT2D eigenvalue weighted by atomic mass is 16.1. The number of nitrogens with two attached hydrogens (primary N) is 1. The van der Waals surface area contributed by atoms with Crippen LogP contribution < -0.4 is 5.73 Å². The number of likely N-dealkylation sites (tertiary alicyclic amines) is 1. The maximum Gasteiger partial charge on any atom is 0.234 e. The van der Waals surface area contributed by atoms with E-state index in [9.17, 15) is 4.79 Å². The van der Waals surface area contributed by atoms with E-state index in [4.69, 9.17) is 11.0 Å². The predicted molar refractivity (Wildman–Crippen MR) is 39.4 cm³/mol. The van der Waals surface area contributed by atoms with E-state index in [1.54, 1.807) is 0 Å². The van der Waals surface area contributed by atoms with E-state index in [1.165, 1.54) is 0 Å². The van der Waals surface area contributed by atoms with Gasteiger partial charge in [-0.25, -0.2) is 0 Å². The highest BCUT2D eigenvalue weighted by molar-refractivity contribution is 5.80. The van der Waals surface area contributed by atoms with Gasteiger partial charge in [-0.05, 0) is 6.42 Å². The van der Waals surface area contributed by atoms with E-state index >= 15 is 0 Å². The lowest BCUT2D eigenvalue weighted by atomic mass is 10.0. The Kier molecular flexibility index (Phi) is 2.44. The maximum atomic E-state index is 10.7. The quantitative estimate of drug-likeness (QED) is 0.592. The monoisotopic (exact) mass is 153 g/mol. The Morgan fingerprint density at radius 1 is 1.82 bits per heavy atom. The minimum absolute atomic E-state index is 0.108. The lowest BCUT2D eigenvalue weighted by Gasteiger charge is -2.38. The van der Waals surface area contributed by atoms with E-state index in [2.05, 4.69) is 0 Å². The summed E-state index contributed by atoms with van der Waals surface area (Å²) >= 11 is 0. The summed E-state index contributed by atoms with van der Waals surface area (Å²) in [6.45, 7) is 1.57. The van der Waals surface area contributed by atoms with Crippen molar-refractivity contribution in [2.75, 3.05) is 13.1 Å². The van der Waals surface area contributed by atoms with Crippen molar-refractivity contribution in [2.45, 2.75) is 18.9 Å². The van der Waals surface area contributed by atoms with Crippen molar-refractivity contribution in [1.82, 2.24) is 4.90 Å². The Morgan fingerprint density at radius 3 is 2.91 bits per heavy atom. The van der Waals surface area contributed by atoms with Crippen LogP contribution >= 0.6 is 0 Å². The molecule has 4 heteroatoms. The molecule has 0 radical (unpaired) electrons. The van der Waals surface area contributed by atoms with Crippen molar-refractivity contribution < 1.29 is 4.79 Å². The number of hydrogen-bond donors (Lipinski definition) is 1. The third-order valence-electron chi connectivity index (χ3n) is 1.97. The molecule has 0 aliphatic carbocycles. The van der Waals surface area contributed by atoms with E-state index in [0.29, 0.717) is 13.0 Å². The maximum absolute atomic E-state index is 10.7. The average molecular weight is 153 g/mol. The molecule has 2 N–H and O–H groups in total. The van der Waals surface area contributed by atoms with Crippen LogP contribution in [-0.4, -0.2) is 29.9 Å². The molecule has 0 spiro atoms. The van der Waals surface area contributed by atoms with Crippen LogP contribution in [0, 0.1) is 11.3 Å². The number of rotatable bonds is 3. The fourth-order valence-electron chi connectivity index (χ4n) is 1.22. The van der Waals surface area contributed by atoms with Gasteiger partial charge >= 0.3 is 0 Å². The first-order valence-electron chi connectivity index (χ1n) is 3.66. The first-order chi connectivity index (χ1) is 5.25. The van der Waals surface area contributed by atoms with Crippen LogP contribution in [0.25, 0.3) is 0 Å². The van der Waals surface area contributed by atoms with Crippen LogP contribution in [0.3, 0.4) is 0 Å². The third kappa shape index (κ3) is 1.69. The van der Waals surface area contributed by atoms with Gasteiger partial charge in [0, 0.05) is 19.5 Å². The Morgan fingerprint density at radius 2 is 2.55 bits per heavy atom. The first kappa shape index (κ1) is 8.02. The second kappa shape index (κ2) is 3.35. The third-order valence-corrected chi connectivity index (χ3v) is 1.97. The number of nitriles is 1. The molecular formula is C7H11N3O. The molecule has 1 amide bonds. The molecule has 0 bridgehead atoms. The van der Waals surface area contributed by atoms with Gasteiger partial charge in [-0.3, -0.25) is 9.69 Å². The number of carbonyl (C=O) groups excluding carboxylic acids is 1. The second-order valence-electron chi connectivity index (χ2n) is 2.65. The summed E-state index contributed by atoms with van der Waals surface area (Å²) in [5, 5.41) is 8.27. The van der Waals surface area contributed by atoms with Crippen molar-refractivity contribution in [2.24, 2.45) is 5.73 Å². The summed E-state index contributed by atoms with van der Waals surface area (Å²) in [4.78, 5) is 12.6. The predicted octanol–water partition coefficient (Wildman–Crippen LogP) is -0.540. The molecule has 60 valence electrons. The van der Waals surface area contributed by atoms with E-state index in [1.807, 2.05) is 11.0 Å². The summed E-state index contributed by atoms with van der Waals surface area (Å²) in [7, 11) is 0. The van der Waals surface area contributed by atoms with Crippen molar-refractivity contribution in [1.29, 1.82) is 5.26 Å². The van der Waals surface area contributed by atoms with Crippen molar-refractivity contribution >= 4 is 5.91 Å². The smallest absolute Gasteiger partial charge is 0.234 e. The Hall–Kier alpha value is -1.08. The standard InChI is InChI=1S/C7H11N3O/c8-3-1-4-10-5-2-6(10)7(9)11/h6H,1-2,4-5H2,(H2,9,11). The fraction of sp³-hybridized carbons (Fsp3) is 0.714. The van der Waals surface area contributed by atoms with Gasteiger partial charge in [0.15, 0.2) is 0 Å². The summed E-state index contributed by atoms with van der Waals surface area (Å²) in [5.74, 6) is -0.269. The SMILES string of the molecule is N#CCCN1CCC1C(N)=O. The van der Waals surface area contributed by atoms with Gasteiger partial charge in [-0.15, -0.1) is 0 Å². The normalized spacial score (nSPS) is 23.7. The second-order valence-corrected chi connectivity index (χ2v) is 2.65. The minimum atomic E-state index is -0.269. The summed E-state index contributed by atoms with van der Waals surface area (Å²) < 4.78 is 0. The van der Waals surface area contributed by atoms with Crippen LogP contribution in [0.5, 0.6) is 0 Å². The molecule has 4 nitrogen and oxygen atoms in total. The molecule has 11 heavy (non-hydrogen) atoms.